The van der Waals surface area contributed by atoms with E-state index >= 15 is 0 Å². The summed E-state index contributed by atoms with van der Waals surface area (Å²) < 4.78 is 5.26. The lowest BCUT2D eigenvalue weighted by Crippen LogP contribution is -2.47. The van der Waals surface area contributed by atoms with E-state index in [0.29, 0.717) is 26.1 Å². The number of methoxy groups -OCH3 is 1. The molecule has 2 unspecified atom stereocenters. The Labute approximate surface area is 209 Å². The van der Waals surface area contributed by atoms with Gasteiger partial charge in [0, 0.05) is 31.5 Å². The third-order valence-corrected chi connectivity index (χ3v) is 7.40. The van der Waals surface area contributed by atoms with Crippen molar-refractivity contribution in [3.05, 3.63) is 57.3 Å². The molecule has 0 spiro atoms. The molecule has 0 N–H and O–H groups in total. The number of fused-ring (bicyclic) bond motifs is 1. The maximum atomic E-state index is 13.7. The van der Waals surface area contributed by atoms with Crippen LogP contribution in [0.3, 0.4) is 0 Å². The van der Waals surface area contributed by atoms with E-state index in [1.54, 1.807) is 23.3 Å². The normalized spacial score (nSPS) is 16.8. The maximum absolute atomic E-state index is 13.7. The summed E-state index contributed by atoms with van der Waals surface area (Å²) in [6, 6.07) is 10.5. The van der Waals surface area contributed by atoms with Crippen molar-refractivity contribution >= 4 is 23.2 Å². The SMILES string of the molecule is COCCN(CC(=O)N1CCc2sccc2C1c1ccc(C)cc1)C(=O)CC(C)CC(C)(C)C. The zero-order chi connectivity index (χ0) is 24.9. The Kier molecular flexibility index (Phi) is 8.94. The molecule has 0 saturated heterocycles. The molecule has 0 bridgehead atoms. The standard InChI is InChI=1S/C28H40N2O3S/c1-20-7-9-22(10-8-20)27-23-12-16-34-24(23)11-13-30(27)26(32)19-29(14-15-33-6)25(31)17-21(2)18-28(3,4)5/h7-10,12,16,21,27H,11,13-15,17-19H2,1-6H3. The predicted molar refractivity (Wildman–Crippen MR) is 139 cm³/mol. The minimum atomic E-state index is -0.109. The Hall–Kier alpha value is -2.18. The van der Waals surface area contributed by atoms with Gasteiger partial charge in [-0.05, 0) is 53.7 Å². The predicted octanol–water partition coefficient (Wildman–Crippen LogP) is 5.47. The molecular weight excluding hydrogens is 444 g/mol. The van der Waals surface area contributed by atoms with Crippen LogP contribution < -0.4 is 0 Å². The number of hydrogen-bond donors (Lipinski definition) is 0. The molecule has 2 atom stereocenters. The monoisotopic (exact) mass is 484 g/mol. The average Bonchev–Trinajstić information content (AvgIpc) is 3.24. The highest BCUT2D eigenvalue weighted by Crippen LogP contribution is 2.38. The van der Waals surface area contributed by atoms with Crippen LogP contribution in [-0.2, 0) is 20.7 Å². The number of rotatable bonds is 9. The third-order valence-electron chi connectivity index (χ3n) is 6.41. The fourth-order valence-corrected chi connectivity index (χ4v) is 5.89. The zero-order valence-corrected chi connectivity index (χ0v) is 22.4. The highest BCUT2D eigenvalue weighted by atomic mass is 32.1. The van der Waals surface area contributed by atoms with Crippen molar-refractivity contribution in [2.45, 2.75) is 59.9 Å². The van der Waals surface area contributed by atoms with Gasteiger partial charge >= 0.3 is 0 Å². The van der Waals surface area contributed by atoms with E-state index < -0.39 is 0 Å². The smallest absolute Gasteiger partial charge is 0.242 e. The molecule has 0 saturated carbocycles. The summed E-state index contributed by atoms with van der Waals surface area (Å²) in [6.45, 7) is 12.4. The Bertz CT molecular complexity index is 961. The van der Waals surface area contributed by atoms with Gasteiger partial charge in [0.2, 0.25) is 11.8 Å². The van der Waals surface area contributed by atoms with Gasteiger partial charge < -0.3 is 14.5 Å². The van der Waals surface area contributed by atoms with E-state index in [4.69, 9.17) is 4.74 Å². The molecule has 186 valence electrons. The van der Waals surface area contributed by atoms with Gasteiger partial charge in [-0.2, -0.15) is 0 Å². The van der Waals surface area contributed by atoms with Gasteiger partial charge in [-0.3, -0.25) is 9.59 Å². The summed E-state index contributed by atoms with van der Waals surface area (Å²) in [5, 5.41) is 2.12. The quantitative estimate of drug-likeness (QED) is 0.474. The Morgan fingerprint density at radius 1 is 1.21 bits per heavy atom. The number of thiophene rings is 1. The second-order valence-electron chi connectivity index (χ2n) is 10.8. The molecule has 1 aliphatic heterocycles. The summed E-state index contributed by atoms with van der Waals surface area (Å²) >= 11 is 1.76. The number of carbonyl (C=O) groups excluding carboxylic acids is 2. The fraction of sp³-hybridized carbons (Fsp3) is 0.571. The van der Waals surface area contributed by atoms with Crippen molar-refractivity contribution in [2.75, 3.05) is 33.4 Å². The molecule has 3 rings (SSSR count). The second kappa shape index (κ2) is 11.5. The van der Waals surface area contributed by atoms with Crippen LogP contribution in [0, 0.1) is 18.3 Å². The van der Waals surface area contributed by atoms with Crippen LogP contribution in [0.15, 0.2) is 35.7 Å². The number of benzene rings is 1. The molecule has 5 nitrogen and oxygen atoms in total. The lowest BCUT2D eigenvalue weighted by Gasteiger charge is -2.38. The molecule has 0 radical (unpaired) electrons. The van der Waals surface area contributed by atoms with E-state index in [1.807, 2.05) is 4.90 Å². The summed E-state index contributed by atoms with van der Waals surface area (Å²) in [6.07, 6.45) is 2.27. The number of aryl methyl sites for hydroxylation is 1. The van der Waals surface area contributed by atoms with Crippen molar-refractivity contribution in [1.82, 2.24) is 9.80 Å². The maximum Gasteiger partial charge on any atom is 0.242 e. The second-order valence-corrected chi connectivity index (χ2v) is 11.8. The summed E-state index contributed by atoms with van der Waals surface area (Å²) in [5.41, 5.74) is 3.69. The zero-order valence-electron chi connectivity index (χ0n) is 21.6. The third kappa shape index (κ3) is 6.92. The van der Waals surface area contributed by atoms with E-state index in [-0.39, 0.29) is 35.7 Å². The summed E-state index contributed by atoms with van der Waals surface area (Å²) in [5.74, 6) is 0.286. The molecule has 1 aromatic carbocycles. The van der Waals surface area contributed by atoms with Gasteiger partial charge in [0.25, 0.3) is 0 Å². The first kappa shape index (κ1) is 26.4. The van der Waals surface area contributed by atoms with E-state index in [1.165, 1.54) is 16.0 Å². The number of hydrogen-bond acceptors (Lipinski definition) is 4. The largest absolute Gasteiger partial charge is 0.383 e. The molecule has 2 heterocycles. The van der Waals surface area contributed by atoms with Gasteiger partial charge in [-0.15, -0.1) is 11.3 Å². The van der Waals surface area contributed by atoms with Gasteiger partial charge in [0.05, 0.1) is 19.2 Å². The molecule has 2 amide bonds. The molecular formula is C28H40N2O3S. The van der Waals surface area contributed by atoms with Gasteiger partial charge in [0.15, 0.2) is 0 Å². The highest BCUT2D eigenvalue weighted by molar-refractivity contribution is 7.10. The number of amides is 2. The van der Waals surface area contributed by atoms with Crippen molar-refractivity contribution in [3.8, 4) is 0 Å². The van der Waals surface area contributed by atoms with E-state index in [9.17, 15) is 9.59 Å². The lowest BCUT2D eigenvalue weighted by molar-refractivity contribution is -0.142. The molecule has 0 fully saturated rings. The minimum Gasteiger partial charge on any atom is -0.383 e. The van der Waals surface area contributed by atoms with Crippen LogP contribution in [-0.4, -0.2) is 55.0 Å². The number of ether oxygens (including phenoxy) is 1. The van der Waals surface area contributed by atoms with Crippen LogP contribution >= 0.6 is 11.3 Å². The van der Waals surface area contributed by atoms with E-state index in [2.05, 4.69) is 70.3 Å². The Morgan fingerprint density at radius 3 is 2.56 bits per heavy atom. The number of nitrogens with zero attached hydrogens (tertiary/aromatic N) is 2. The summed E-state index contributed by atoms with van der Waals surface area (Å²) in [7, 11) is 1.63. The van der Waals surface area contributed by atoms with Crippen molar-refractivity contribution < 1.29 is 14.3 Å². The van der Waals surface area contributed by atoms with Gasteiger partial charge in [-0.1, -0.05) is 57.5 Å². The summed E-state index contributed by atoms with van der Waals surface area (Å²) in [4.78, 5) is 31.9. The average molecular weight is 485 g/mol. The van der Waals surface area contributed by atoms with Gasteiger partial charge in [0.1, 0.15) is 0 Å². The van der Waals surface area contributed by atoms with Crippen LogP contribution in [0.2, 0.25) is 0 Å². The van der Waals surface area contributed by atoms with Gasteiger partial charge in [-0.25, -0.2) is 0 Å². The van der Waals surface area contributed by atoms with E-state index in [0.717, 1.165) is 18.4 Å². The van der Waals surface area contributed by atoms with Crippen molar-refractivity contribution in [2.24, 2.45) is 11.3 Å². The van der Waals surface area contributed by atoms with Crippen LogP contribution in [0.4, 0.5) is 0 Å². The lowest BCUT2D eigenvalue weighted by atomic mass is 9.84. The molecule has 2 aromatic rings. The minimum absolute atomic E-state index is 0.00430. The topological polar surface area (TPSA) is 49.9 Å². The molecule has 0 aliphatic carbocycles. The molecule has 1 aromatic heterocycles. The fourth-order valence-electron chi connectivity index (χ4n) is 4.99. The highest BCUT2D eigenvalue weighted by Gasteiger charge is 2.34. The molecule has 6 heteroatoms. The van der Waals surface area contributed by atoms with Crippen LogP contribution in [0.1, 0.15) is 68.1 Å². The molecule has 34 heavy (non-hydrogen) atoms. The number of carbonyl (C=O) groups is 2. The first-order valence-corrected chi connectivity index (χ1v) is 13.2. The van der Waals surface area contributed by atoms with Crippen LogP contribution in [0.5, 0.6) is 0 Å². The Balaban J connectivity index is 1.79. The Morgan fingerprint density at radius 2 is 1.91 bits per heavy atom. The first-order chi connectivity index (χ1) is 16.1. The van der Waals surface area contributed by atoms with Crippen LogP contribution in [0.25, 0.3) is 0 Å². The van der Waals surface area contributed by atoms with Crippen molar-refractivity contribution in [1.29, 1.82) is 0 Å². The first-order valence-electron chi connectivity index (χ1n) is 12.3. The van der Waals surface area contributed by atoms with Crippen molar-refractivity contribution in [3.63, 3.8) is 0 Å². The molecule has 1 aliphatic rings.